The van der Waals surface area contributed by atoms with E-state index in [2.05, 4.69) is 158 Å². The van der Waals surface area contributed by atoms with E-state index in [9.17, 15) is 0 Å². The molecule has 0 aliphatic heterocycles. The summed E-state index contributed by atoms with van der Waals surface area (Å²) in [5.41, 5.74) is 10.9. The minimum atomic E-state index is 0. The zero-order valence-electron chi connectivity index (χ0n) is 28.1. The Bertz CT molecular complexity index is 1710. The van der Waals surface area contributed by atoms with E-state index in [1.54, 1.807) is 0 Å². The molecule has 6 aromatic rings. The van der Waals surface area contributed by atoms with Gasteiger partial charge in [-0.1, -0.05) is 113 Å². The predicted octanol–water partition coefficient (Wildman–Crippen LogP) is 12.9. The van der Waals surface area contributed by atoms with Crippen LogP contribution in [0.4, 0.5) is 0 Å². The second-order valence-electron chi connectivity index (χ2n) is 11.4. The molecule has 0 N–H and O–H groups in total. The second kappa shape index (κ2) is 20.1. The van der Waals surface area contributed by atoms with E-state index in [0.717, 1.165) is 6.42 Å². The zero-order chi connectivity index (χ0) is 29.5. The van der Waals surface area contributed by atoms with Crippen LogP contribution < -0.4 is 0 Å². The molecule has 0 aliphatic carbocycles. The number of benzene rings is 4. The predicted molar refractivity (Wildman–Crippen MR) is 205 cm³/mol. The fraction of sp³-hybridized carbons (Fsp3) is 0.220. The second-order valence-corrected chi connectivity index (χ2v) is 11.4. The molecule has 2 radical (unpaired) electrons. The van der Waals surface area contributed by atoms with Crippen molar-refractivity contribution in [2.24, 2.45) is 0 Å². The summed E-state index contributed by atoms with van der Waals surface area (Å²) in [5.74, 6) is 1.18. The Morgan fingerprint density at radius 3 is 1.40 bits per heavy atom. The molecule has 0 saturated carbocycles. The SMILES string of the molecule is CCc1cc2c(-c3ccc(C(C)C)cc3)cccc2[cH-]1.Cc1cc2c(-c3ccc(C(C)C)cc3)cccc2[cH-]1.Cl.Cl.[CH3-].[CH3-].[Si]=[Zr]. The molecule has 0 bridgehead atoms. The van der Waals surface area contributed by atoms with Crippen LogP contribution in [-0.4, -0.2) is 6.88 Å². The van der Waals surface area contributed by atoms with Crippen molar-refractivity contribution in [2.75, 3.05) is 0 Å². The third kappa shape index (κ3) is 10.4. The van der Waals surface area contributed by atoms with E-state index in [4.69, 9.17) is 0 Å². The van der Waals surface area contributed by atoms with Crippen LogP contribution in [0.15, 0.2) is 109 Å². The Morgan fingerprint density at radius 2 is 1.00 bits per heavy atom. The van der Waals surface area contributed by atoms with Gasteiger partial charge in [-0.15, -0.1) is 93.9 Å². The molecule has 6 aromatic carbocycles. The maximum absolute atomic E-state index is 3.06. The van der Waals surface area contributed by atoms with Crippen molar-refractivity contribution in [3.05, 3.63) is 146 Å². The first-order valence-corrected chi connectivity index (χ1v) is 18.8. The first-order valence-electron chi connectivity index (χ1n) is 14.6. The average molecular weight is 731 g/mol. The van der Waals surface area contributed by atoms with Crippen LogP contribution in [0, 0.1) is 21.8 Å². The van der Waals surface area contributed by atoms with Crippen LogP contribution in [0.3, 0.4) is 0 Å². The van der Waals surface area contributed by atoms with E-state index in [0.29, 0.717) is 11.8 Å². The molecule has 0 fully saturated rings. The third-order valence-corrected chi connectivity index (χ3v) is 7.89. The molecule has 0 atom stereocenters. The van der Waals surface area contributed by atoms with Gasteiger partial charge in [-0.3, -0.25) is 0 Å². The van der Waals surface area contributed by atoms with Gasteiger partial charge in [0.1, 0.15) is 0 Å². The minimum absolute atomic E-state index is 0. The molecule has 0 heterocycles. The molecule has 0 saturated heterocycles. The van der Waals surface area contributed by atoms with Crippen LogP contribution in [-0.2, 0) is 29.8 Å². The fourth-order valence-corrected chi connectivity index (χ4v) is 5.48. The number of hydrogen-bond acceptors (Lipinski definition) is 0. The third-order valence-electron chi connectivity index (χ3n) is 7.89. The van der Waals surface area contributed by atoms with E-state index < -0.39 is 0 Å². The van der Waals surface area contributed by atoms with Crippen LogP contribution in [0.1, 0.15) is 68.7 Å². The monoisotopic (exact) mass is 728 g/mol. The molecule has 0 spiro atoms. The summed E-state index contributed by atoms with van der Waals surface area (Å²) in [4.78, 5) is 0. The van der Waals surface area contributed by atoms with Crippen molar-refractivity contribution in [2.45, 2.75) is 59.8 Å². The van der Waals surface area contributed by atoms with Gasteiger partial charge in [0.2, 0.25) is 0 Å². The van der Waals surface area contributed by atoms with Gasteiger partial charge in [0.25, 0.3) is 0 Å². The maximum atomic E-state index is 3.06. The van der Waals surface area contributed by atoms with Crippen molar-refractivity contribution in [1.82, 2.24) is 0 Å². The Hall–Kier alpha value is -2.22. The van der Waals surface area contributed by atoms with Crippen LogP contribution in [0.2, 0.25) is 0 Å². The summed E-state index contributed by atoms with van der Waals surface area (Å²) < 4.78 is 0. The average Bonchev–Trinajstić information content (AvgIpc) is 3.61. The molecular weight excluding hydrogens is 683 g/mol. The quantitative estimate of drug-likeness (QED) is 0.122. The molecule has 238 valence electrons. The molecule has 0 unspecified atom stereocenters. The molecule has 0 aliphatic rings. The van der Waals surface area contributed by atoms with Gasteiger partial charge < -0.3 is 14.9 Å². The van der Waals surface area contributed by atoms with Gasteiger partial charge in [-0.2, -0.15) is 12.1 Å². The summed E-state index contributed by atoms with van der Waals surface area (Å²) in [6.45, 7) is 16.4. The van der Waals surface area contributed by atoms with Gasteiger partial charge in [-0.05, 0) is 40.5 Å². The first-order chi connectivity index (χ1) is 19.8. The van der Waals surface area contributed by atoms with E-state index >= 15 is 0 Å². The fourth-order valence-electron chi connectivity index (χ4n) is 5.48. The molecular formula is C41H48Cl2SiZr-4. The molecule has 4 heteroatoms. The van der Waals surface area contributed by atoms with E-state index in [-0.39, 0.29) is 39.7 Å². The Kier molecular flexibility index (Phi) is 19.1. The van der Waals surface area contributed by atoms with Gasteiger partial charge in [-0.25, -0.2) is 0 Å². The first kappa shape index (κ1) is 42.8. The van der Waals surface area contributed by atoms with Gasteiger partial charge in [0, 0.05) is 0 Å². The number of aryl methyl sites for hydroxylation is 2. The Morgan fingerprint density at radius 1 is 0.600 bits per heavy atom. The molecule has 45 heavy (non-hydrogen) atoms. The number of hydrogen-bond donors (Lipinski definition) is 0. The van der Waals surface area contributed by atoms with Crippen LogP contribution >= 0.6 is 24.8 Å². The summed E-state index contributed by atoms with van der Waals surface area (Å²) in [6.07, 6.45) is 1.10. The summed E-state index contributed by atoms with van der Waals surface area (Å²) in [7, 11) is 0. The molecule has 6 rings (SSSR count). The standard InChI is InChI=1S/C20H21.C19H19.2CH3.2ClH.Si.Zr/c1-4-15-12-18-6-5-7-19(20(18)13-15)17-10-8-16(9-11-17)14(2)3;1-13(2)15-7-9-16(10-8-15)18-6-4-5-17-11-14(3)12-19(17)18;;;;;;/h5-14H,4H2,1-3H3;4-13H,1-3H3;2*1H3;2*1H;;/q4*-1;;;;. The van der Waals surface area contributed by atoms with Crippen molar-refractivity contribution < 1.29 is 23.3 Å². The summed E-state index contributed by atoms with van der Waals surface area (Å²) in [5, 5.41) is 5.43. The van der Waals surface area contributed by atoms with Crippen LogP contribution in [0.25, 0.3) is 43.8 Å². The topological polar surface area (TPSA) is 0 Å². The molecule has 0 aromatic heterocycles. The number of fused-ring (bicyclic) bond motifs is 2. The van der Waals surface area contributed by atoms with Crippen LogP contribution in [0.5, 0.6) is 0 Å². The van der Waals surface area contributed by atoms with Crippen molar-refractivity contribution in [3.63, 3.8) is 0 Å². The summed E-state index contributed by atoms with van der Waals surface area (Å²) >= 11 is 1.36. The van der Waals surface area contributed by atoms with Gasteiger partial charge in [0.05, 0.1) is 0 Å². The normalized spacial score (nSPS) is 9.93. The Labute approximate surface area is 302 Å². The van der Waals surface area contributed by atoms with Gasteiger partial charge >= 0.3 is 30.2 Å². The Balaban J connectivity index is 0.000000753. The van der Waals surface area contributed by atoms with Crippen molar-refractivity contribution >= 4 is 53.2 Å². The summed E-state index contributed by atoms with van der Waals surface area (Å²) in [6, 6.07) is 40.3. The molecule has 0 nitrogen and oxygen atoms in total. The zero-order valence-corrected chi connectivity index (χ0v) is 33.2. The number of rotatable bonds is 5. The number of halogens is 2. The van der Waals surface area contributed by atoms with Crippen molar-refractivity contribution in [1.29, 1.82) is 0 Å². The van der Waals surface area contributed by atoms with Crippen molar-refractivity contribution in [3.8, 4) is 22.3 Å². The van der Waals surface area contributed by atoms with E-state index in [1.165, 1.54) is 89.4 Å². The van der Waals surface area contributed by atoms with Gasteiger partial charge in [0.15, 0.2) is 0 Å². The van der Waals surface area contributed by atoms with E-state index in [1.807, 2.05) is 0 Å². The molecule has 0 amide bonds.